The van der Waals surface area contributed by atoms with E-state index in [9.17, 15) is 4.79 Å². The Morgan fingerprint density at radius 3 is 2.81 bits per heavy atom. The first-order chi connectivity index (χ1) is 7.69. The fourth-order valence-electron chi connectivity index (χ4n) is 1.54. The summed E-state index contributed by atoms with van der Waals surface area (Å²) in [4.78, 5) is 15.1. The molecule has 1 rings (SSSR count). The van der Waals surface area contributed by atoms with Crippen LogP contribution in [0.5, 0.6) is 5.88 Å². The van der Waals surface area contributed by atoms with Crippen LogP contribution in [-0.4, -0.2) is 23.2 Å². The van der Waals surface area contributed by atoms with Crippen LogP contribution in [0.2, 0.25) is 0 Å². The van der Waals surface area contributed by atoms with E-state index < -0.39 is 5.97 Å². The minimum atomic E-state index is -0.924. The van der Waals surface area contributed by atoms with Crippen LogP contribution in [0.3, 0.4) is 0 Å². The fourth-order valence-corrected chi connectivity index (χ4v) is 1.54. The first kappa shape index (κ1) is 12.5. The van der Waals surface area contributed by atoms with Gasteiger partial charge >= 0.3 is 5.97 Å². The van der Waals surface area contributed by atoms with Gasteiger partial charge in [0.1, 0.15) is 0 Å². The zero-order chi connectivity index (χ0) is 12.0. The Bertz CT molecular complexity index is 363. The molecule has 0 aliphatic rings. The molecule has 0 aromatic carbocycles. The number of unbranched alkanes of at least 4 members (excludes halogenated alkanes) is 2. The molecule has 1 N–H and O–H groups in total. The number of carbonyl (C=O) groups is 1. The molecule has 0 amide bonds. The van der Waals surface area contributed by atoms with Crippen LogP contribution >= 0.6 is 0 Å². The summed E-state index contributed by atoms with van der Waals surface area (Å²) in [6.07, 6.45) is 5.56. The van der Waals surface area contributed by atoms with E-state index in [-0.39, 0.29) is 0 Å². The number of ether oxygens (including phenoxy) is 1. The normalized spacial score (nSPS) is 10.1. The monoisotopic (exact) mass is 223 g/mol. The van der Waals surface area contributed by atoms with Crippen LogP contribution in [0, 0.1) is 0 Å². The third-order valence-corrected chi connectivity index (χ3v) is 2.45. The number of carboxylic acids is 1. The van der Waals surface area contributed by atoms with E-state index in [1.165, 1.54) is 13.2 Å². The molecule has 0 unspecified atom stereocenters. The van der Waals surface area contributed by atoms with Gasteiger partial charge in [-0.25, -0.2) is 9.78 Å². The average Bonchev–Trinajstić information content (AvgIpc) is 2.29. The fraction of sp³-hybridized carbons (Fsp3) is 0.500. The summed E-state index contributed by atoms with van der Waals surface area (Å²) >= 11 is 0. The summed E-state index contributed by atoms with van der Waals surface area (Å²) in [6, 6.07) is 1.48. The molecule has 4 nitrogen and oxygen atoms in total. The molecule has 0 radical (unpaired) electrons. The van der Waals surface area contributed by atoms with Gasteiger partial charge in [-0.3, -0.25) is 0 Å². The second-order valence-electron chi connectivity index (χ2n) is 3.65. The van der Waals surface area contributed by atoms with E-state index in [0.717, 1.165) is 31.2 Å². The number of pyridine rings is 1. The molecule has 0 saturated carbocycles. The van der Waals surface area contributed by atoms with Crippen molar-refractivity contribution in [2.45, 2.75) is 32.6 Å². The minimum Gasteiger partial charge on any atom is -0.481 e. The number of carboxylic acid groups (broad SMARTS) is 1. The van der Waals surface area contributed by atoms with E-state index in [0.29, 0.717) is 11.4 Å². The van der Waals surface area contributed by atoms with Crippen molar-refractivity contribution in [3.63, 3.8) is 0 Å². The second kappa shape index (κ2) is 6.10. The first-order valence-electron chi connectivity index (χ1n) is 5.45. The highest BCUT2D eigenvalue weighted by molar-refractivity contribution is 5.89. The molecule has 0 fully saturated rings. The molecule has 0 bridgehead atoms. The Morgan fingerprint density at radius 2 is 2.25 bits per heavy atom. The molecule has 0 aliphatic carbocycles. The summed E-state index contributed by atoms with van der Waals surface area (Å²) < 4.78 is 4.91. The molecule has 16 heavy (non-hydrogen) atoms. The Kier molecular flexibility index (Phi) is 4.76. The standard InChI is InChI=1S/C12H17NO3/c1-3-4-5-6-9-8-13-11(16-2)7-10(9)12(14)15/h7-8H,3-6H2,1-2H3,(H,14,15). The summed E-state index contributed by atoms with van der Waals surface area (Å²) in [5.41, 5.74) is 1.07. The van der Waals surface area contributed by atoms with Gasteiger partial charge in [0.25, 0.3) is 0 Å². The van der Waals surface area contributed by atoms with Gasteiger partial charge in [0, 0.05) is 12.3 Å². The van der Waals surface area contributed by atoms with Gasteiger partial charge in [0.2, 0.25) is 5.88 Å². The average molecular weight is 223 g/mol. The highest BCUT2D eigenvalue weighted by Crippen LogP contribution is 2.17. The van der Waals surface area contributed by atoms with Gasteiger partial charge in [0.05, 0.1) is 12.7 Å². The number of aryl methyl sites for hydroxylation is 1. The summed E-state index contributed by atoms with van der Waals surface area (Å²) in [5, 5.41) is 9.06. The molecule has 1 heterocycles. The Morgan fingerprint density at radius 1 is 1.50 bits per heavy atom. The Labute approximate surface area is 95.3 Å². The maximum Gasteiger partial charge on any atom is 0.336 e. The van der Waals surface area contributed by atoms with E-state index in [1.807, 2.05) is 0 Å². The lowest BCUT2D eigenvalue weighted by atomic mass is 10.0. The molecule has 88 valence electrons. The van der Waals surface area contributed by atoms with Gasteiger partial charge < -0.3 is 9.84 Å². The Hall–Kier alpha value is -1.58. The van der Waals surface area contributed by atoms with E-state index in [2.05, 4.69) is 11.9 Å². The van der Waals surface area contributed by atoms with Crippen molar-refractivity contribution in [3.05, 3.63) is 23.4 Å². The van der Waals surface area contributed by atoms with Crippen LogP contribution in [0.1, 0.15) is 42.1 Å². The smallest absolute Gasteiger partial charge is 0.336 e. The zero-order valence-electron chi connectivity index (χ0n) is 9.69. The first-order valence-corrected chi connectivity index (χ1v) is 5.45. The zero-order valence-corrected chi connectivity index (χ0v) is 9.69. The molecular formula is C12H17NO3. The number of aromatic nitrogens is 1. The quantitative estimate of drug-likeness (QED) is 0.753. The molecule has 0 spiro atoms. The number of hydrogen-bond acceptors (Lipinski definition) is 3. The maximum atomic E-state index is 11.0. The third-order valence-electron chi connectivity index (χ3n) is 2.45. The van der Waals surface area contributed by atoms with E-state index >= 15 is 0 Å². The lowest BCUT2D eigenvalue weighted by Crippen LogP contribution is -2.04. The highest BCUT2D eigenvalue weighted by atomic mass is 16.5. The van der Waals surface area contributed by atoms with Crippen molar-refractivity contribution in [3.8, 4) is 5.88 Å². The van der Waals surface area contributed by atoms with E-state index in [4.69, 9.17) is 9.84 Å². The molecule has 1 aromatic rings. The largest absolute Gasteiger partial charge is 0.481 e. The summed E-state index contributed by atoms with van der Waals surface area (Å²) in [7, 11) is 1.48. The highest BCUT2D eigenvalue weighted by Gasteiger charge is 2.11. The van der Waals surface area contributed by atoms with Gasteiger partial charge in [0.15, 0.2) is 0 Å². The van der Waals surface area contributed by atoms with Gasteiger partial charge in [-0.15, -0.1) is 0 Å². The number of methoxy groups -OCH3 is 1. The van der Waals surface area contributed by atoms with E-state index in [1.54, 1.807) is 6.20 Å². The SMILES string of the molecule is CCCCCc1cnc(OC)cc1C(=O)O. The second-order valence-corrected chi connectivity index (χ2v) is 3.65. The van der Waals surface area contributed by atoms with Crippen molar-refractivity contribution in [1.82, 2.24) is 4.98 Å². The molecule has 0 saturated heterocycles. The molecule has 1 aromatic heterocycles. The van der Waals surface area contributed by atoms with Gasteiger partial charge in [-0.05, 0) is 18.4 Å². The summed E-state index contributed by atoms with van der Waals surface area (Å²) in [6.45, 7) is 2.12. The Balaban J connectivity index is 2.85. The van der Waals surface area contributed by atoms with Crippen molar-refractivity contribution < 1.29 is 14.6 Å². The third kappa shape index (κ3) is 3.22. The van der Waals surface area contributed by atoms with Crippen LogP contribution in [0.4, 0.5) is 0 Å². The van der Waals surface area contributed by atoms with Crippen molar-refractivity contribution in [1.29, 1.82) is 0 Å². The van der Waals surface area contributed by atoms with Gasteiger partial charge in [-0.1, -0.05) is 19.8 Å². The lowest BCUT2D eigenvalue weighted by Gasteiger charge is -2.07. The van der Waals surface area contributed by atoms with Crippen molar-refractivity contribution in [2.24, 2.45) is 0 Å². The lowest BCUT2D eigenvalue weighted by molar-refractivity contribution is 0.0695. The number of aromatic carboxylic acids is 1. The van der Waals surface area contributed by atoms with Crippen LogP contribution in [-0.2, 0) is 6.42 Å². The van der Waals surface area contributed by atoms with Crippen molar-refractivity contribution >= 4 is 5.97 Å². The maximum absolute atomic E-state index is 11.0. The van der Waals surface area contributed by atoms with Crippen LogP contribution < -0.4 is 4.74 Å². The molecule has 4 heteroatoms. The minimum absolute atomic E-state index is 0.294. The van der Waals surface area contributed by atoms with Crippen LogP contribution in [0.15, 0.2) is 12.3 Å². The predicted octanol–water partition coefficient (Wildman–Crippen LogP) is 2.52. The molecule has 0 atom stereocenters. The topological polar surface area (TPSA) is 59.4 Å². The molecule has 0 aliphatic heterocycles. The number of rotatable bonds is 6. The number of nitrogens with zero attached hydrogens (tertiary/aromatic N) is 1. The summed E-state index contributed by atoms with van der Waals surface area (Å²) in [5.74, 6) is -0.580. The number of hydrogen-bond donors (Lipinski definition) is 1. The van der Waals surface area contributed by atoms with Crippen molar-refractivity contribution in [2.75, 3.05) is 7.11 Å². The van der Waals surface area contributed by atoms with Crippen LogP contribution in [0.25, 0.3) is 0 Å². The predicted molar refractivity (Wildman–Crippen MR) is 61.0 cm³/mol. The molecular weight excluding hydrogens is 206 g/mol. The van der Waals surface area contributed by atoms with Gasteiger partial charge in [-0.2, -0.15) is 0 Å².